The summed E-state index contributed by atoms with van der Waals surface area (Å²) in [6.45, 7) is 0. The second-order valence-corrected chi connectivity index (χ2v) is 17.2. The van der Waals surface area contributed by atoms with E-state index in [1.54, 1.807) is 0 Å². The molecule has 0 radical (unpaired) electrons. The van der Waals surface area contributed by atoms with E-state index in [9.17, 15) is 0 Å². The lowest BCUT2D eigenvalue weighted by Crippen LogP contribution is -2.07. The molecule has 13 rings (SSSR count). The predicted molar refractivity (Wildman–Crippen MR) is 281 cm³/mol. The van der Waals surface area contributed by atoms with Crippen LogP contribution in [0.5, 0.6) is 0 Å². The Bertz CT molecular complexity index is 3970. The Kier molecular flexibility index (Phi) is 9.43. The van der Waals surface area contributed by atoms with E-state index in [4.69, 9.17) is 15.0 Å². The molecule has 0 atom stereocenters. The summed E-state index contributed by atoms with van der Waals surface area (Å²) in [7, 11) is 0. The summed E-state index contributed by atoms with van der Waals surface area (Å²) < 4.78 is 4.74. The molecular formula is C63H41N5. The van der Waals surface area contributed by atoms with Crippen LogP contribution in [0, 0.1) is 0 Å². The number of hydrogen-bond donors (Lipinski definition) is 0. The fourth-order valence-electron chi connectivity index (χ4n) is 9.98. The number of aromatic nitrogens is 5. The van der Waals surface area contributed by atoms with Gasteiger partial charge in [0.2, 0.25) is 5.95 Å². The summed E-state index contributed by atoms with van der Waals surface area (Å²) in [5.74, 6) is 1.74. The van der Waals surface area contributed by atoms with Gasteiger partial charge >= 0.3 is 0 Å². The van der Waals surface area contributed by atoms with Crippen molar-refractivity contribution in [3.8, 4) is 78.9 Å². The molecule has 5 heteroatoms. The van der Waals surface area contributed by atoms with Crippen molar-refractivity contribution in [2.24, 2.45) is 0 Å². The van der Waals surface area contributed by atoms with Gasteiger partial charge in [0.1, 0.15) is 0 Å². The van der Waals surface area contributed by atoms with Crippen molar-refractivity contribution >= 4 is 43.6 Å². The first-order valence-electron chi connectivity index (χ1n) is 23.0. The van der Waals surface area contributed by atoms with E-state index in [1.165, 1.54) is 16.7 Å². The Labute approximate surface area is 393 Å². The van der Waals surface area contributed by atoms with Crippen LogP contribution in [0.1, 0.15) is 0 Å². The zero-order chi connectivity index (χ0) is 45.0. The van der Waals surface area contributed by atoms with Crippen molar-refractivity contribution < 1.29 is 0 Å². The van der Waals surface area contributed by atoms with E-state index in [2.05, 4.69) is 234 Å². The van der Waals surface area contributed by atoms with Crippen LogP contribution < -0.4 is 0 Å². The molecular weight excluding hydrogens is 827 g/mol. The molecule has 0 spiro atoms. The van der Waals surface area contributed by atoms with Crippen LogP contribution >= 0.6 is 0 Å². The first-order valence-corrected chi connectivity index (χ1v) is 23.0. The number of rotatable bonds is 8. The fourth-order valence-corrected chi connectivity index (χ4v) is 9.98. The Hall–Kier alpha value is -9.19. The number of fused-ring (bicyclic) bond motifs is 7. The van der Waals surface area contributed by atoms with E-state index in [1.807, 2.05) is 24.3 Å². The minimum Gasteiger partial charge on any atom is -0.307 e. The maximum Gasteiger partial charge on any atom is 0.238 e. The molecule has 0 aliphatic rings. The zero-order valence-electron chi connectivity index (χ0n) is 36.9. The molecule has 3 heterocycles. The Balaban J connectivity index is 1.15. The van der Waals surface area contributed by atoms with Gasteiger partial charge in [-0.2, -0.15) is 9.97 Å². The monoisotopic (exact) mass is 867 g/mol. The van der Waals surface area contributed by atoms with Crippen molar-refractivity contribution in [1.82, 2.24) is 24.1 Å². The van der Waals surface area contributed by atoms with Gasteiger partial charge in [-0.3, -0.25) is 4.57 Å². The molecule has 0 N–H and O–H groups in total. The molecule has 0 saturated carbocycles. The molecule has 0 fully saturated rings. The summed E-state index contributed by atoms with van der Waals surface area (Å²) in [5.41, 5.74) is 16.3. The summed E-state index contributed by atoms with van der Waals surface area (Å²) in [5, 5.41) is 4.53. The number of para-hydroxylation sites is 2. The third-order valence-electron chi connectivity index (χ3n) is 13.2. The highest BCUT2D eigenvalue weighted by Gasteiger charge is 2.26. The van der Waals surface area contributed by atoms with Crippen molar-refractivity contribution in [2.45, 2.75) is 0 Å². The lowest BCUT2D eigenvalue weighted by Gasteiger charge is -2.15. The van der Waals surface area contributed by atoms with Crippen molar-refractivity contribution in [2.75, 3.05) is 0 Å². The van der Waals surface area contributed by atoms with E-state index in [0.29, 0.717) is 17.6 Å². The molecule has 0 amide bonds. The van der Waals surface area contributed by atoms with Gasteiger partial charge in [0.05, 0.1) is 22.1 Å². The Morgan fingerprint density at radius 2 is 0.691 bits per heavy atom. The molecule has 0 unspecified atom stereocenters. The Morgan fingerprint density at radius 1 is 0.265 bits per heavy atom. The van der Waals surface area contributed by atoms with Crippen LogP contribution in [0.2, 0.25) is 0 Å². The van der Waals surface area contributed by atoms with Gasteiger partial charge in [-0.05, 0) is 74.8 Å². The van der Waals surface area contributed by atoms with Gasteiger partial charge in [-0.1, -0.05) is 218 Å². The van der Waals surface area contributed by atoms with Crippen molar-refractivity contribution in [3.63, 3.8) is 0 Å². The van der Waals surface area contributed by atoms with Crippen LogP contribution in [0.15, 0.2) is 249 Å². The van der Waals surface area contributed by atoms with Gasteiger partial charge in [0.15, 0.2) is 11.6 Å². The van der Waals surface area contributed by atoms with Gasteiger partial charge in [0.25, 0.3) is 0 Å². The van der Waals surface area contributed by atoms with Gasteiger partial charge < -0.3 is 4.57 Å². The molecule has 0 saturated heterocycles. The summed E-state index contributed by atoms with van der Waals surface area (Å²) in [4.78, 5) is 16.1. The molecule has 68 heavy (non-hydrogen) atoms. The standard InChI is InChI=1S/C63H41N5/c1-5-18-42(19-6-1)45-32-36-47(37-33-45)54-41-55-52-28-13-15-30-56(52)67(51-27-17-26-50(40-51)44-22-9-3-10-23-44)59(55)60-58(54)53-29-14-16-31-57(53)68(60)63-65-61(48-24-11-4-12-25-48)64-62(66-63)49-38-34-46(35-39-49)43-20-7-2-8-21-43/h1-41H. The third kappa shape index (κ3) is 6.68. The minimum atomic E-state index is 0.542. The van der Waals surface area contributed by atoms with E-state index >= 15 is 0 Å². The largest absolute Gasteiger partial charge is 0.307 e. The minimum absolute atomic E-state index is 0.542. The highest BCUT2D eigenvalue weighted by Crippen LogP contribution is 2.46. The average Bonchev–Trinajstić information content (AvgIpc) is 3.95. The zero-order valence-corrected chi connectivity index (χ0v) is 36.9. The second kappa shape index (κ2) is 16.4. The smallest absolute Gasteiger partial charge is 0.238 e. The summed E-state index contributed by atoms with van der Waals surface area (Å²) in [6, 6.07) is 88.2. The molecule has 5 nitrogen and oxygen atoms in total. The summed E-state index contributed by atoms with van der Waals surface area (Å²) in [6.07, 6.45) is 0. The van der Waals surface area contributed by atoms with E-state index < -0.39 is 0 Å². The molecule has 10 aromatic carbocycles. The number of nitrogens with zero attached hydrogens (tertiary/aromatic N) is 5. The number of benzene rings is 10. The van der Waals surface area contributed by atoms with Crippen molar-refractivity contribution in [1.29, 1.82) is 0 Å². The van der Waals surface area contributed by atoms with Gasteiger partial charge in [-0.15, -0.1) is 0 Å². The first kappa shape index (κ1) is 39.2. The maximum absolute atomic E-state index is 5.47. The van der Waals surface area contributed by atoms with E-state index in [-0.39, 0.29) is 0 Å². The lowest BCUT2D eigenvalue weighted by atomic mass is 9.95. The van der Waals surface area contributed by atoms with Crippen LogP contribution in [0.25, 0.3) is 123 Å². The molecule has 0 aliphatic carbocycles. The predicted octanol–water partition coefficient (Wildman–Crippen LogP) is 16.1. The SMILES string of the molecule is c1ccc(-c2ccc(-c3nc(-c4ccccc4)nc(-n4c5ccccc5c5c(-c6ccc(-c7ccccc7)cc6)cc6c7ccccc7n(-c7cccc(-c8ccccc8)c7)c6c54)n3)cc2)cc1. The highest BCUT2D eigenvalue weighted by molar-refractivity contribution is 6.28. The van der Waals surface area contributed by atoms with Gasteiger partial charge in [-0.25, -0.2) is 4.98 Å². The second-order valence-electron chi connectivity index (χ2n) is 17.2. The third-order valence-corrected chi connectivity index (χ3v) is 13.2. The first-order chi connectivity index (χ1) is 33.7. The van der Waals surface area contributed by atoms with E-state index in [0.717, 1.165) is 88.2 Å². The quantitative estimate of drug-likeness (QED) is 0.153. The van der Waals surface area contributed by atoms with Crippen LogP contribution in [-0.2, 0) is 0 Å². The van der Waals surface area contributed by atoms with Gasteiger partial charge in [0, 0.05) is 38.4 Å². The lowest BCUT2D eigenvalue weighted by molar-refractivity contribution is 0.953. The highest BCUT2D eigenvalue weighted by atomic mass is 15.2. The maximum atomic E-state index is 5.47. The Morgan fingerprint density at radius 3 is 1.28 bits per heavy atom. The fraction of sp³-hybridized carbons (Fsp3) is 0. The average molecular weight is 868 g/mol. The normalized spacial score (nSPS) is 11.5. The number of hydrogen-bond acceptors (Lipinski definition) is 3. The molecule has 0 aliphatic heterocycles. The van der Waals surface area contributed by atoms with Crippen LogP contribution in [0.3, 0.4) is 0 Å². The van der Waals surface area contributed by atoms with Crippen molar-refractivity contribution in [3.05, 3.63) is 249 Å². The molecule has 0 bridgehead atoms. The van der Waals surface area contributed by atoms with Crippen LogP contribution in [-0.4, -0.2) is 24.1 Å². The van der Waals surface area contributed by atoms with Crippen LogP contribution in [0.4, 0.5) is 0 Å². The topological polar surface area (TPSA) is 48.5 Å². The molecule has 13 aromatic rings. The molecule has 3 aromatic heterocycles. The summed E-state index contributed by atoms with van der Waals surface area (Å²) >= 11 is 0. The molecule has 318 valence electrons.